The molecule has 2 aliphatic heterocycles. The van der Waals surface area contributed by atoms with Gasteiger partial charge in [-0.05, 0) is 44.9 Å². The Morgan fingerprint density at radius 2 is 1.81 bits per heavy atom. The second-order valence-corrected chi connectivity index (χ2v) is 11.9. The Kier molecular flexibility index (Phi) is 5.26. The van der Waals surface area contributed by atoms with Crippen molar-refractivity contribution in [2.75, 3.05) is 18.6 Å². The number of benzene rings is 1. The van der Waals surface area contributed by atoms with Gasteiger partial charge in [-0.3, -0.25) is 24.2 Å². The minimum atomic E-state index is -0.662. The van der Waals surface area contributed by atoms with E-state index in [4.69, 9.17) is 17.0 Å². The van der Waals surface area contributed by atoms with E-state index in [1.165, 1.54) is 15.2 Å². The van der Waals surface area contributed by atoms with Crippen molar-refractivity contribution in [3.8, 4) is 16.9 Å². The van der Waals surface area contributed by atoms with E-state index >= 15 is 0 Å². The average Bonchev–Trinajstić information content (AvgIpc) is 3.28. The summed E-state index contributed by atoms with van der Waals surface area (Å²) in [6.07, 6.45) is 3.39. The van der Waals surface area contributed by atoms with Gasteiger partial charge in [0.15, 0.2) is 0 Å². The second kappa shape index (κ2) is 7.74. The van der Waals surface area contributed by atoms with E-state index in [-0.39, 0.29) is 36.1 Å². The molecule has 1 aromatic heterocycles. The zero-order valence-corrected chi connectivity index (χ0v) is 20.6. The van der Waals surface area contributed by atoms with Gasteiger partial charge in [0.05, 0.1) is 35.0 Å². The molecule has 1 aliphatic carbocycles. The van der Waals surface area contributed by atoms with Crippen LogP contribution in [0.3, 0.4) is 0 Å². The number of methoxy groups -OCH3 is 1. The Balaban J connectivity index is 1.55. The molecule has 0 bridgehead atoms. The summed E-state index contributed by atoms with van der Waals surface area (Å²) in [6, 6.07) is 5.58. The highest BCUT2D eigenvalue weighted by atomic mass is 32.9. The van der Waals surface area contributed by atoms with Crippen LogP contribution in [0.1, 0.15) is 44.4 Å². The summed E-state index contributed by atoms with van der Waals surface area (Å²) in [4.78, 5) is 43.6. The van der Waals surface area contributed by atoms with E-state index in [1.54, 1.807) is 22.4 Å². The van der Waals surface area contributed by atoms with E-state index in [2.05, 4.69) is 0 Å². The first kappa shape index (κ1) is 21.7. The molecule has 3 aliphatic rings. The predicted octanol–water partition coefficient (Wildman–Crippen LogP) is 4.97. The molecule has 3 heterocycles. The fourth-order valence-electron chi connectivity index (χ4n) is 5.37. The molecule has 9 heteroatoms. The smallest absolute Gasteiger partial charge is 0.247 e. The van der Waals surface area contributed by atoms with Crippen molar-refractivity contribution in [1.82, 2.24) is 4.90 Å². The minimum absolute atomic E-state index is 0.190. The highest BCUT2D eigenvalue weighted by molar-refractivity contribution is 7.80. The van der Waals surface area contributed by atoms with E-state index in [9.17, 15) is 14.4 Å². The zero-order chi connectivity index (χ0) is 22.8. The lowest BCUT2D eigenvalue weighted by atomic mass is 9.81. The van der Waals surface area contributed by atoms with Crippen molar-refractivity contribution in [3.63, 3.8) is 0 Å². The Bertz CT molecular complexity index is 1170. The van der Waals surface area contributed by atoms with Crippen LogP contribution in [0.4, 0.5) is 5.69 Å². The van der Waals surface area contributed by atoms with Crippen molar-refractivity contribution in [3.05, 3.63) is 26.9 Å². The molecule has 3 amide bonds. The lowest BCUT2D eigenvalue weighted by molar-refractivity contribution is -0.143. The lowest BCUT2D eigenvalue weighted by Gasteiger charge is -2.43. The molecule has 2 aromatic rings. The van der Waals surface area contributed by atoms with Crippen molar-refractivity contribution in [2.45, 2.75) is 45.1 Å². The van der Waals surface area contributed by atoms with Crippen LogP contribution >= 0.6 is 32.9 Å². The van der Waals surface area contributed by atoms with Gasteiger partial charge in [0, 0.05) is 11.1 Å². The van der Waals surface area contributed by atoms with Crippen LogP contribution in [0.25, 0.3) is 11.1 Å². The molecule has 0 radical (unpaired) electrons. The van der Waals surface area contributed by atoms with Gasteiger partial charge >= 0.3 is 0 Å². The van der Waals surface area contributed by atoms with E-state index < -0.39 is 5.54 Å². The first-order valence-electron chi connectivity index (χ1n) is 10.8. The maximum atomic E-state index is 13.7. The average molecular weight is 489 g/mol. The summed E-state index contributed by atoms with van der Waals surface area (Å²) in [7, 11) is 4.70. The highest BCUT2D eigenvalue weighted by Crippen LogP contribution is 2.53. The van der Waals surface area contributed by atoms with Gasteiger partial charge in [0.1, 0.15) is 16.1 Å². The Morgan fingerprint density at radius 3 is 2.44 bits per heavy atom. The molecule has 0 N–H and O–H groups in total. The summed E-state index contributed by atoms with van der Waals surface area (Å²) in [5.41, 5.74) is 1.88. The molecule has 1 saturated heterocycles. The molecule has 2 unspecified atom stereocenters. The van der Waals surface area contributed by atoms with Crippen molar-refractivity contribution in [1.29, 1.82) is 0 Å². The molecule has 1 aromatic carbocycles. The van der Waals surface area contributed by atoms with E-state index in [1.807, 2.05) is 32.0 Å². The molecule has 5 rings (SSSR count). The van der Waals surface area contributed by atoms with E-state index in [0.29, 0.717) is 5.75 Å². The molecule has 32 heavy (non-hydrogen) atoms. The fourth-order valence-corrected chi connectivity index (χ4v) is 8.66. The predicted molar refractivity (Wildman–Crippen MR) is 128 cm³/mol. The van der Waals surface area contributed by atoms with Crippen LogP contribution < -0.4 is 9.64 Å². The van der Waals surface area contributed by atoms with Crippen LogP contribution in [-0.4, -0.2) is 36.3 Å². The molecular formula is C23H24N2O4S3. The number of amides is 3. The number of ether oxygens (including phenoxy) is 1. The van der Waals surface area contributed by atoms with Crippen LogP contribution in [0.2, 0.25) is 0 Å². The monoisotopic (exact) mass is 488 g/mol. The SMILES string of the molecule is COc1ccc2c(c1)-c1c(ssc1=S)C(C)(C)N2C(=O)CN1C(=O)C2CCCCC2C1=O. The zero-order valence-electron chi connectivity index (χ0n) is 18.2. The van der Waals surface area contributed by atoms with Crippen LogP contribution in [0.5, 0.6) is 5.75 Å². The molecular weight excluding hydrogens is 464 g/mol. The number of hydrogen-bond acceptors (Lipinski definition) is 7. The van der Waals surface area contributed by atoms with Crippen molar-refractivity contribution < 1.29 is 19.1 Å². The second-order valence-electron chi connectivity index (χ2n) is 9.09. The number of carbonyl (C=O) groups is 3. The van der Waals surface area contributed by atoms with Gasteiger partial charge in [-0.2, -0.15) is 0 Å². The van der Waals surface area contributed by atoms with Crippen molar-refractivity contribution >= 4 is 56.3 Å². The number of imide groups is 1. The maximum absolute atomic E-state index is 13.7. The number of nitrogens with zero attached hydrogens (tertiary/aromatic N) is 2. The summed E-state index contributed by atoms with van der Waals surface area (Å²) in [5, 5.41) is 0. The number of carbonyl (C=O) groups excluding carboxylic acids is 3. The number of anilines is 1. The summed E-state index contributed by atoms with van der Waals surface area (Å²) in [6.45, 7) is 3.75. The van der Waals surface area contributed by atoms with E-state index in [0.717, 1.165) is 51.2 Å². The molecule has 2 atom stereocenters. The quantitative estimate of drug-likeness (QED) is 0.347. The standard InChI is InChI=1S/C23H24N2O4S3/c1-23(2)19-18(22(30)32-31-19)15-10-12(29-3)8-9-16(15)25(23)17(26)11-24-20(27)13-6-4-5-7-14(13)21(24)28/h8-10,13-14H,4-7,11H2,1-3H3. The third-order valence-electron chi connectivity index (χ3n) is 6.94. The lowest BCUT2D eigenvalue weighted by Crippen LogP contribution is -2.52. The largest absolute Gasteiger partial charge is 0.497 e. The van der Waals surface area contributed by atoms with Gasteiger partial charge in [-0.1, -0.05) is 45.7 Å². The Morgan fingerprint density at radius 1 is 1.16 bits per heavy atom. The Labute approximate surface area is 199 Å². The number of likely N-dealkylation sites (tertiary alicyclic amines) is 1. The molecule has 168 valence electrons. The van der Waals surface area contributed by atoms with Crippen LogP contribution in [0, 0.1) is 15.7 Å². The molecule has 0 spiro atoms. The molecule has 1 saturated carbocycles. The third kappa shape index (κ3) is 3.08. The minimum Gasteiger partial charge on any atom is -0.497 e. The Hall–Kier alpha value is -2.10. The summed E-state index contributed by atoms with van der Waals surface area (Å²) < 4.78 is 6.21. The first-order chi connectivity index (χ1) is 15.3. The topological polar surface area (TPSA) is 66.9 Å². The molecule has 2 fully saturated rings. The third-order valence-corrected chi connectivity index (χ3v) is 10.3. The van der Waals surface area contributed by atoms with Gasteiger partial charge in [-0.15, -0.1) is 0 Å². The molecule has 6 nitrogen and oxygen atoms in total. The summed E-state index contributed by atoms with van der Waals surface area (Å²) >= 11 is 5.63. The number of fused-ring (bicyclic) bond motifs is 4. The normalized spacial score (nSPS) is 23.6. The number of hydrogen-bond donors (Lipinski definition) is 0. The van der Waals surface area contributed by atoms with Gasteiger partial charge in [-0.25, -0.2) is 0 Å². The van der Waals surface area contributed by atoms with Crippen LogP contribution in [0.15, 0.2) is 18.2 Å². The van der Waals surface area contributed by atoms with Gasteiger partial charge < -0.3 is 4.74 Å². The first-order valence-corrected chi connectivity index (χ1v) is 13.3. The summed E-state index contributed by atoms with van der Waals surface area (Å²) in [5.74, 6) is -0.487. The van der Waals surface area contributed by atoms with Gasteiger partial charge in [0.25, 0.3) is 0 Å². The number of rotatable bonds is 3. The maximum Gasteiger partial charge on any atom is 0.247 e. The van der Waals surface area contributed by atoms with Gasteiger partial charge in [0.2, 0.25) is 17.7 Å². The van der Waals surface area contributed by atoms with Crippen molar-refractivity contribution in [2.24, 2.45) is 11.8 Å². The van der Waals surface area contributed by atoms with Crippen LogP contribution in [-0.2, 0) is 19.9 Å². The highest BCUT2D eigenvalue weighted by Gasteiger charge is 2.50. The fraction of sp³-hybridized carbons (Fsp3) is 0.478.